The highest BCUT2D eigenvalue weighted by Gasteiger charge is 2.20. The van der Waals surface area contributed by atoms with E-state index in [1.807, 2.05) is 0 Å². The molecule has 1 aromatic carbocycles. The minimum Gasteiger partial charge on any atom is -0.478 e. The number of halogens is 1. The molecule has 0 bridgehead atoms. The number of aromatic nitrogens is 1. The molecule has 7 nitrogen and oxygen atoms in total. The Labute approximate surface area is 124 Å². The molecule has 0 spiro atoms. The van der Waals surface area contributed by atoms with Crippen LogP contribution in [0.25, 0.3) is 0 Å². The Morgan fingerprint density at radius 1 is 1.36 bits per heavy atom. The van der Waals surface area contributed by atoms with Crippen LogP contribution < -0.4 is 9.47 Å². The molecule has 1 heterocycles. The van der Waals surface area contributed by atoms with E-state index in [9.17, 15) is 19.3 Å². The number of nitrogens with zero attached hydrogens (tertiary/aromatic N) is 2. The largest absolute Gasteiger partial charge is 0.478 e. The van der Waals surface area contributed by atoms with Crippen molar-refractivity contribution < 1.29 is 23.6 Å². The molecule has 8 heteroatoms. The van der Waals surface area contributed by atoms with Crippen molar-refractivity contribution in [1.82, 2.24) is 4.98 Å². The van der Waals surface area contributed by atoms with Crippen LogP contribution in [0.15, 0.2) is 36.5 Å². The van der Waals surface area contributed by atoms with Gasteiger partial charge in [0.15, 0.2) is 0 Å². The van der Waals surface area contributed by atoms with Crippen LogP contribution in [0.2, 0.25) is 0 Å². The first kappa shape index (κ1) is 15.4. The van der Waals surface area contributed by atoms with Gasteiger partial charge < -0.3 is 9.47 Å². The van der Waals surface area contributed by atoms with Gasteiger partial charge in [-0.2, -0.15) is 0 Å². The lowest BCUT2D eigenvalue weighted by atomic mass is 10.2. The zero-order valence-electron chi connectivity index (χ0n) is 11.5. The third kappa shape index (κ3) is 3.54. The van der Waals surface area contributed by atoms with Gasteiger partial charge in [-0.25, -0.2) is 14.2 Å². The number of ether oxygens (including phenoxy) is 2. The smallest absolute Gasteiger partial charge is 0.344 e. The van der Waals surface area contributed by atoms with Crippen molar-refractivity contribution in [3.8, 4) is 11.6 Å². The molecule has 2 rings (SSSR count). The maximum absolute atomic E-state index is 13.2. The van der Waals surface area contributed by atoms with Gasteiger partial charge in [-0.15, -0.1) is 0 Å². The predicted molar refractivity (Wildman–Crippen MR) is 73.4 cm³/mol. The minimum absolute atomic E-state index is 0.0806. The first-order valence-corrected chi connectivity index (χ1v) is 6.26. The summed E-state index contributed by atoms with van der Waals surface area (Å²) < 4.78 is 23.2. The Balaban J connectivity index is 2.27. The fourth-order valence-electron chi connectivity index (χ4n) is 1.64. The number of carbonyl (C=O) groups is 1. The Kier molecular flexibility index (Phi) is 4.62. The Morgan fingerprint density at radius 2 is 2.14 bits per heavy atom. The summed E-state index contributed by atoms with van der Waals surface area (Å²) in [5.74, 6) is -1.88. The van der Waals surface area contributed by atoms with Gasteiger partial charge in [0.2, 0.25) is 11.6 Å². The van der Waals surface area contributed by atoms with Gasteiger partial charge in [0.25, 0.3) is 0 Å². The third-order valence-electron chi connectivity index (χ3n) is 2.58. The van der Waals surface area contributed by atoms with E-state index in [1.54, 1.807) is 6.92 Å². The number of pyridine rings is 1. The molecule has 0 aliphatic heterocycles. The van der Waals surface area contributed by atoms with E-state index in [1.165, 1.54) is 18.3 Å². The molecule has 22 heavy (non-hydrogen) atoms. The molecule has 0 atom stereocenters. The second-order valence-electron chi connectivity index (χ2n) is 4.07. The standard InChI is InChI=1S/C14H11FN2O5/c1-2-21-13-7-9(5-6-16-13)14(18)22-12-8-10(15)3-4-11(12)17(19)20/h3-8H,2H2,1H3. The molecular formula is C14H11FN2O5. The van der Waals surface area contributed by atoms with Gasteiger partial charge in [0.05, 0.1) is 17.1 Å². The minimum atomic E-state index is -0.878. The highest BCUT2D eigenvalue weighted by atomic mass is 19.1. The molecule has 1 aromatic heterocycles. The summed E-state index contributed by atoms with van der Waals surface area (Å²) in [5, 5.41) is 10.9. The molecular weight excluding hydrogens is 295 g/mol. The van der Waals surface area contributed by atoms with E-state index in [0.29, 0.717) is 6.61 Å². The topological polar surface area (TPSA) is 91.6 Å². The molecule has 2 aromatic rings. The molecule has 0 radical (unpaired) electrons. The first-order chi connectivity index (χ1) is 10.5. The van der Waals surface area contributed by atoms with Crippen LogP contribution in [-0.4, -0.2) is 22.5 Å². The fourth-order valence-corrected chi connectivity index (χ4v) is 1.64. The van der Waals surface area contributed by atoms with Crippen molar-refractivity contribution in [2.45, 2.75) is 6.92 Å². The van der Waals surface area contributed by atoms with Crippen LogP contribution in [0.3, 0.4) is 0 Å². The third-order valence-corrected chi connectivity index (χ3v) is 2.58. The lowest BCUT2D eigenvalue weighted by Gasteiger charge is -2.06. The fraction of sp³-hybridized carbons (Fsp3) is 0.143. The number of benzene rings is 1. The number of hydrogen-bond acceptors (Lipinski definition) is 6. The van der Waals surface area contributed by atoms with E-state index in [-0.39, 0.29) is 11.4 Å². The SMILES string of the molecule is CCOc1cc(C(=O)Oc2cc(F)ccc2[N+](=O)[O-])ccn1. The molecule has 0 N–H and O–H groups in total. The average molecular weight is 306 g/mol. The number of nitro benzene ring substituents is 1. The van der Waals surface area contributed by atoms with Crippen LogP contribution in [0.4, 0.5) is 10.1 Å². The van der Waals surface area contributed by atoms with E-state index in [4.69, 9.17) is 9.47 Å². The molecule has 0 unspecified atom stereocenters. The Hall–Kier alpha value is -3.03. The van der Waals surface area contributed by atoms with Crippen molar-refractivity contribution in [2.24, 2.45) is 0 Å². The van der Waals surface area contributed by atoms with Crippen molar-refractivity contribution in [1.29, 1.82) is 0 Å². The average Bonchev–Trinajstić information content (AvgIpc) is 2.47. The first-order valence-electron chi connectivity index (χ1n) is 6.26. The molecule has 114 valence electrons. The van der Waals surface area contributed by atoms with Gasteiger partial charge in [0, 0.05) is 24.4 Å². The van der Waals surface area contributed by atoms with E-state index >= 15 is 0 Å². The highest BCUT2D eigenvalue weighted by molar-refractivity contribution is 5.91. The van der Waals surface area contributed by atoms with Gasteiger partial charge in [0.1, 0.15) is 5.82 Å². The lowest BCUT2D eigenvalue weighted by Crippen LogP contribution is -2.10. The molecule has 0 aliphatic carbocycles. The van der Waals surface area contributed by atoms with E-state index in [0.717, 1.165) is 18.2 Å². The zero-order chi connectivity index (χ0) is 16.1. The second-order valence-corrected chi connectivity index (χ2v) is 4.07. The zero-order valence-corrected chi connectivity index (χ0v) is 11.5. The van der Waals surface area contributed by atoms with Gasteiger partial charge in [-0.1, -0.05) is 0 Å². The normalized spacial score (nSPS) is 10.1. The number of rotatable bonds is 5. The summed E-state index contributed by atoms with van der Waals surface area (Å²) in [6, 6.07) is 5.30. The maximum atomic E-state index is 13.2. The summed E-state index contributed by atoms with van der Waals surface area (Å²) >= 11 is 0. The summed E-state index contributed by atoms with van der Waals surface area (Å²) in [7, 11) is 0. The molecule has 0 amide bonds. The lowest BCUT2D eigenvalue weighted by molar-refractivity contribution is -0.385. The van der Waals surface area contributed by atoms with Crippen molar-refractivity contribution in [3.63, 3.8) is 0 Å². The number of nitro groups is 1. The molecule has 0 aliphatic rings. The van der Waals surface area contributed by atoms with Crippen molar-refractivity contribution >= 4 is 11.7 Å². The predicted octanol–water partition coefficient (Wildman–Crippen LogP) is 2.75. The van der Waals surface area contributed by atoms with Gasteiger partial charge in [-0.3, -0.25) is 10.1 Å². The summed E-state index contributed by atoms with van der Waals surface area (Å²) in [5.41, 5.74) is -0.425. The van der Waals surface area contributed by atoms with Crippen LogP contribution in [0, 0.1) is 15.9 Å². The Bertz CT molecular complexity index is 720. The quantitative estimate of drug-likeness (QED) is 0.365. The van der Waals surface area contributed by atoms with Crippen LogP contribution in [0.1, 0.15) is 17.3 Å². The monoisotopic (exact) mass is 306 g/mol. The van der Waals surface area contributed by atoms with Crippen LogP contribution >= 0.6 is 0 Å². The number of hydrogen-bond donors (Lipinski definition) is 0. The van der Waals surface area contributed by atoms with Gasteiger partial charge >= 0.3 is 11.7 Å². The molecule has 0 fully saturated rings. The summed E-state index contributed by atoms with van der Waals surface area (Å²) in [6.07, 6.45) is 1.33. The maximum Gasteiger partial charge on any atom is 0.344 e. The van der Waals surface area contributed by atoms with Crippen molar-refractivity contribution in [2.75, 3.05) is 6.61 Å². The number of carbonyl (C=O) groups excluding carboxylic acids is 1. The van der Waals surface area contributed by atoms with Crippen LogP contribution in [0.5, 0.6) is 11.6 Å². The van der Waals surface area contributed by atoms with Crippen molar-refractivity contribution in [3.05, 3.63) is 58.0 Å². The Morgan fingerprint density at radius 3 is 2.82 bits per heavy atom. The van der Waals surface area contributed by atoms with Crippen LogP contribution in [-0.2, 0) is 0 Å². The summed E-state index contributed by atoms with van der Waals surface area (Å²) in [4.78, 5) is 26.0. The molecule has 0 saturated carbocycles. The van der Waals surface area contributed by atoms with E-state index < -0.39 is 28.1 Å². The number of esters is 1. The summed E-state index contributed by atoms with van der Waals surface area (Å²) in [6.45, 7) is 2.11. The highest BCUT2D eigenvalue weighted by Crippen LogP contribution is 2.28. The van der Waals surface area contributed by atoms with Gasteiger partial charge in [-0.05, 0) is 19.1 Å². The second kappa shape index (κ2) is 6.61. The van der Waals surface area contributed by atoms with E-state index in [2.05, 4.69) is 4.98 Å². The molecule has 0 saturated heterocycles.